The van der Waals surface area contributed by atoms with Gasteiger partial charge in [0.05, 0.1) is 26.4 Å². The van der Waals surface area contributed by atoms with Crippen LogP contribution in [0.25, 0.3) is 0 Å². The van der Waals surface area contributed by atoms with Gasteiger partial charge in [-0.3, -0.25) is 0 Å². The van der Waals surface area contributed by atoms with E-state index in [0.717, 1.165) is 13.0 Å². The van der Waals surface area contributed by atoms with Crippen molar-refractivity contribution in [3.8, 4) is 0 Å². The maximum absolute atomic E-state index is 8.30. The molecule has 0 atom stereocenters. The van der Waals surface area contributed by atoms with Crippen LogP contribution in [0.1, 0.15) is 52.4 Å². The molecule has 0 aromatic carbocycles. The number of alkyl halides is 1. The molecule has 0 amide bonds. The number of unbranched alkanes of at least 4 members (excludes halogenated alkanes) is 4. The Bertz CT molecular complexity index is 104. The first-order chi connectivity index (χ1) is 9.24. The van der Waals surface area contributed by atoms with Gasteiger partial charge in [0.25, 0.3) is 0 Å². The van der Waals surface area contributed by atoms with E-state index in [2.05, 4.69) is 29.8 Å². The van der Waals surface area contributed by atoms with Crippen LogP contribution in [0.3, 0.4) is 0 Å². The molecule has 0 heterocycles. The van der Waals surface area contributed by atoms with Gasteiger partial charge in [0.15, 0.2) is 0 Å². The zero-order valence-corrected chi connectivity index (χ0v) is 14.2. The van der Waals surface area contributed by atoms with Crippen LogP contribution in [-0.4, -0.2) is 53.7 Å². The highest BCUT2D eigenvalue weighted by molar-refractivity contribution is 9.09. The third-order valence-corrected chi connectivity index (χ3v) is 2.53. The molecule has 0 saturated carbocycles. The molecular formula is C14H33BrO4. The lowest BCUT2D eigenvalue weighted by Crippen LogP contribution is -2.00. The van der Waals surface area contributed by atoms with E-state index < -0.39 is 0 Å². The second kappa shape index (κ2) is 31.0. The van der Waals surface area contributed by atoms with Crippen LogP contribution in [0.15, 0.2) is 0 Å². The fraction of sp³-hybridized carbons (Fsp3) is 1.00. The molecule has 0 aliphatic rings. The van der Waals surface area contributed by atoms with Crippen molar-refractivity contribution in [2.45, 2.75) is 52.4 Å². The molecule has 0 rings (SSSR count). The summed E-state index contributed by atoms with van der Waals surface area (Å²) < 4.78 is 5.03. The van der Waals surface area contributed by atoms with Crippen LogP contribution in [0, 0.1) is 0 Å². The summed E-state index contributed by atoms with van der Waals surface area (Å²) in [6.07, 6.45) is 7.60. The summed E-state index contributed by atoms with van der Waals surface area (Å²) >= 11 is 3.35. The Kier molecular flexibility index (Phi) is 39.7. The normalized spacial score (nSPS) is 9.16. The molecule has 0 saturated heterocycles. The summed E-state index contributed by atoms with van der Waals surface area (Å²) in [4.78, 5) is 0. The van der Waals surface area contributed by atoms with E-state index in [1.165, 1.54) is 37.4 Å². The van der Waals surface area contributed by atoms with Gasteiger partial charge in [0.2, 0.25) is 0 Å². The quantitative estimate of drug-likeness (QED) is 0.421. The first-order valence-electron chi connectivity index (χ1n) is 7.21. The number of aliphatic hydroxyl groups is 3. The largest absolute Gasteiger partial charge is 0.394 e. The highest BCUT2D eigenvalue weighted by Crippen LogP contribution is 1.95. The second-order valence-corrected chi connectivity index (χ2v) is 4.68. The molecule has 0 aromatic rings. The maximum Gasteiger partial charge on any atom is 0.0697 e. The first kappa shape index (κ1) is 24.3. The van der Waals surface area contributed by atoms with E-state index in [0.29, 0.717) is 6.61 Å². The molecular weight excluding hydrogens is 312 g/mol. The lowest BCUT2D eigenvalue weighted by Gasteiger charge is -1.98. The molecule has 0 aliphatic heterocycles. The Labute approximate surface area is 127 Å². The lowest BCUT2D eigenvalue weighted by molar-refractivity contribution is 0.0898. The summed E-state index contributed by atoms with van der Waals surface area (Å²) in [5.74, 6) is 0. The summed E-state index contributed by atoms with van der Waals surface area (Å²) in [7, 11) is 0. The molecule has 0 aliphatic carbocycles. The summed E-state index contributed by atoms with van der Waals surface area (Å²) in [5.41, 5.74) is 0. The standard InChI is InChI=1S/C7H16O2.C5H11Br.C2H6O2/c1-2-3-4-6-9-7-5-8;1-2-3-4-5-6;3-1-2-4/h8H,2-7H2,1H3;2-5H2,1H3;3-4H,1-2H2. The molecule has 0 unspecified atom stereocenters. The lowest BCUT2D eigenvalue weighted by atomic mass is 10.3. The number of aliphatic hydroxyl groups excluding tert-OH is 3. The van der Waals surface area contributed by atoms with E-state index in [1.807, 2.05) is 0 Å². The van der Waals surface area contributed by atoms with Gasteiger partial charge >= 0.3 is 0 Å². The van der Waals surface area contributed by atoms with Gasteiger partial charge in [-0.25, -0.2) is 0 Å². The Hall–Kier alpha value is 0.320. The van der Waals surface area contributed by atoms with Gasteiger partial charge in [-0.1, -0.05) is 55.5 Å². The minimum atomic E-state index is -0.125. The topological polar surface area (TPSA) is 69.9 Å². The molecule has 4 nitrogen and oxygen atoms in total. The van der Waals surface area contributed by atoms with Gasteiger partial charge in [0, 0.05) is 11.9 Å². The number of hydrogen-bond acceptors (Lipinski definition) is 4. The fourth-order valence-electron chi connectivity index (χ4n) is 0.965. The van der Waals surface area contributed by atoms with Crippen molar-refractivity contribution in [1.29, 1.82) is 0 Å². The van der Waals surface area contributed by atoms with E-state index in [-0.39, 0.29) is 19.8 Å². The molecule has 0 spiro atoms. The Balaban J connectivity index is -0.000000222. The smallest absolute Gasteiger partial charge is 0.0697 e. The van der Waals surface area contributed by atoms with E-state index >= 15 is 0 Å². The van der Waals surface area contributed by atoms with Gasteiger partial charge in [-0.05, 0) is 12.8 Å². The number of rotatable bonds is 10. The fourth-order valence-corrected chi connectivity index (χ4v) is 1.36. The van der Waals surface area contributed by atoms with Crippen LogP contribution >= 0.6 is 15.9 Å². The SMILES string of the molecule is CCCCCBr.CCCCCOCCO.OCCO. The van der Waals surface area contributed by atoms with Gasteiger partial charge < -0.3 is 20.1 Å². The van der Waals surface area contributed by atoms with E-state index in [1.54, 1.807) is 0 Å². The Morgan fingerprint density at radius 1 is 0.737 bits per heavy atom. The molecule has 0 radical (unpaired) electrons. The van der Waals surface area contributed by atoms with Crippen molar-refractivity contribution >= 4 is 15.9 Å². The average molecular weight is 345 g/mol. The third kappa shape index (κ3) is 45.8. The van der Waals surface area contributed by atoms with Crippen LogP contribution in [0.2, 0.25) is 0 Å². The molecule has 19 heavy (non-hydrogen) atoms. The van der Waals surface area contributed by atoms with Gasteiger partial charge in [0.1, 0.15) is 0 Å². The zero-order valence-electron chi connectivity index (χ0n) is 12.6. The minimum Gasteiger partial charge on any atom is -0.394 e. The van der Waals surface area contributed by atoms with Crippen LogP contribution in [-0.2, 0) is 4.74 Å². The molecule has 5 heteroatoms. The van der Waals surface area contributed by atoms with Crippen LogP contribution < -0.4 is 0 Å². The number of hydrogen-bond donors (Lipinski definition) is 3. The number of halogens is 1. The monoisotopic (exact) mass is 344 g/mol. The summed E-state index contributed by atoms with van der Waals surface area (Å²) in [6, 6.07) is 0. The summed E-state index contributed by atoms with van der Waals surface area (Å²) in [5, 5.41) is 24.7. The second-order valence-electron chi connectivity index (χ2n) is 3.89. The molecule has 120 valence electrons. The first-order valence-corrected chi connectivity index (χ1v) is 8.33. The van der Waals surface area contributed by atoms with Crippen molar-refractivity contribution < 1.29 is 20.1 Å². The predicted octanol–water partition coefficient (Wildman–Crippen LogP) is 2.73. The minimum absolute atomic E-state index is 0.125. The van der Waals surface area contributed by atoms with Crippen LogP contribution in [0.5, 0.6) is 0 Å². The zero-order chi connectivity index (χ0) is 15.2. The maximum atomic E-state index is 8.30. The molecule has 0 aromatic heterocycles. The van der Waals surface area contributed by atoms with Crippen molar-refractivity contribution in [1.82, 2.24) is 0 Å². The van der Waals surface area contributed by atoms with E-state index in [4.69, 9.17) is 20.1 Å². The van der Waals surface area contributed by atoms with Crippen molar-refractivity contribution in [2.75, 3.05) is 38.4 Å². The molecule has 0 bridgehead atoms. The van der Waals surface area contributed by atoms with Gasteiger partial charge in [-0.2, -0.15) is 0 Å². The summed E-state index contributed by atoms with van der Waals surface area (Å²) in [6.45, 7) is 5.55. The molecule has 3 N–H and O–H groups in total. The van der Waals surface area contributed by atoms with Crippen LogP contribution in [0.4, 0.5) is 0 Å². The predicted molar refractivity (Wildman–Crippen MR) is 84.9 cm³/mol. The van der Waals surface area contributed by atoms with Crippen molar-refractivity contribution in [3.05, 3.63) is 0 Å². The highest BCUT2D eigenvalue weighted by atomic mass is 79.9. The Morgan fingerprint density at radius 3 is 1.58 bits per heavy atom. The Morgan fingerprint density at radius 2 is 1.26 bits per heavy atom. The average Bonchev–Trinajstić information content (AvgIpc) is 2.46. The molecule has 0 fully saturated rings. The van der Waals surface area contributed by atoms with Crippen molar-refractivity contribution in [2.24, 2.45) is 0 Å². The third-order valence-electron chi connectivity index (χ3n) is 1.97. The van der Waals surface area contributed by atoms with E-state index in [9.17, 15) is 0 Å². The van der Waals surface area contributed by atoms with Gasteiger partial charge in [-0.15, -0.1) is 0 Å². The van der Waals surface area contributed by atoms with Crippen molar-refractivity contribution in [3.63, 3.8) is 0 Å². The number of ether oxygens (including phenoxy) is 1. The highest BCUT2D eigenvalue weighted by Gasteiger charge is 1.85.